The largest absolute Gasteiger partial charge is 0.494 e. The normalized spacial score (nSPS) is 11.5. The minimum absolute atomic E-state index is 0.0867. The number of allylic oxidation sites excluding steroid dienone is 1. The minimum atomic E-state index is -0.823. The van der Waals surface area contributed by atoms with Gasteiger partial charge in [0.2, 0.25) is 0 Å². The zero-order valence-electron chi connectivity index (χ0n) is 20.1. The summed E-state index contributed by atoms with van der Waals surface area (Å²) in [6, 6.07) is 17.3. The quantitative estimate of drug-likeness (QED) is 0.229. The van der Waals surface area contributed by atoms with Gasteiger partial charge in [0, 0.05) is 19.2 Å². The second-order valence-corrected chi connectivity index (χ2v) is 8.59. The van der Waals surface area contributed by atoms with Gasteiger partial charge in [-0.25, -0.2) is 8.78 Å². The Morgan fingerprint density at radius 1 is 0.943 bits per heavy atom. The van der Waals surface area contributed by atoms with Crippen molar-refractivity contribution in [1.29, 1.82) is 0 Å². The van der Waals surface area contributed by atoms with Crippen LogP contribution in [0.3, 0.4) is 0 Å². The molecule has 3 rings (SSSR count). The molecule has 0 amide bonds. The molecule has 3 aromatic rings. The lowest BCUT2D eigenvalue weighted by molar-refractivity contribution is -0.136. The van der Waals surface area contributed by atoms with Crippen molar-refractivity contribution in [2.45, 2.75) is 39.7 Å². The number of benzene rings is 3. The molecule has 0 saturated heterocycles. The van der Waals surface area contributed by atoms with E-state index in [-0.39, 0.29) is 6.42 Å². The number of carbonyl (C=O) groups is 1. The van der Waals surface area contributed by atoms with Crippen LogP contribution in [0.5, 0.6) is 5.75 Å². The first-order valence-corrected chi connectivity index (χ1v) is 11.7. The standard InChI is InChI=1S/C29H31F2NO3/c1-20-5-6-23(14-21(20)2)15-24(25-16-26(30)18-27(31)17-25)4-3-13-35-28-9-7-22(8-10-28)19-32-12-11-29(33)34/h5-10,14-18,32H,3-4,11-13,19H2,1-2H3,(H,33,34). The molecule has 35 heavy (non-hydrogen) atoms. The van der Waals surface area contributed by atoms with Crippen molar-refractivity contribution in [1.82, 2.24) is 5.32 Å². The first kappa shape index (κ1) is 26.1. The third-order valence-electron chi connectivity index (χ3n) is 5.73. The Hall–Kier alpha value is -3.51. The van der Waals surface area contributed by atoms with Crippen LogP contribution < -0.4 is 10.1 Å². The number of nitrogens with one attached hydrogen (secondary N) is 1. The third kappa shape index (κ3) is 8.65. The average molecular weight is 480 g/mol. The first-order chi connectivity index (χ1) is 16.8. The fourth-order valence-corrected chi connectivity index (χ4v) is 3.68. The molecule has 0 atom stereocenters. The maximum atomic E-state index is 13.9. The lowest BCUT2D eigenvalue weighted by Gasteiger charge is -2.12. The summed E-state index contributed by atoms with van der Waals surface area (Å²) in [7, 11) is 0. The van der Waals surface area contributed by atoms with Crippen LogP contribution in [0.2, 0.25) is 0 Å². The number of aryl methyl sites for hydroxylation is 2. The van der Waals surface area contributed by atoms with Crippen molar-refractivity contribution < 1.29 is 23.4 Å². The zero-order valence-corrected chi connectivity index (χ0v) is 20.1. The van der Waals surface area contributed by atoms with Crippen LogP contribution in [0.4, 0.5) is 8.78 Å². The Balaban J connectivity index is 1.60. The van der Waals surface area contributed by atoms with Gasteiger partial charge in [-0.3, -0.25) is 4.79 Å². The maximum absolute atomic E-state index is 13.9. The van der Waals surface area contributed by atoms with Crippen LogP contribution in [-0.2, 0) is 11.3 Å². The summed E-state index contributed by atoms with van der Waals surface area (Å²) < 4.78 is 33.7. The minimum Gasteiger partial charge on any atom is -0.494 e. The molecule has 6 heteroatoms. The number of hydrogen-bond acceptors (Lipinski definition) is 3. The molecule has 0 aliphatic heterocycles. The monoisotopic (exact) mass is 479 g/mol. The van der Waals surface area contributed by atoms with E-state index in [1.54, 1.807) is 0 Å². The topological polar surface area (TPSA) is 58.6 Å². The molecule has 0 radical (unpaired) electrons. The van der Waals surface area contributed by atoms with E-state index in [9.17, 15) is 13.6 Å². The van der Waals surface area contributed by atoms with E-state index in [1.807, 2.05) is 56.3 Å². The highest BCUT2D eigenvalue weighted by Gasteiger charge is 2.08. The summed E-state index contributed by atoms with van der Waals surface area (Å²) >= 11 is 0. The fraction of sp³-hybridized carbons (Fsp3) is 0.276. The zero-order chi connectivity index (χ0) is 25.2. The number of carboxylic acid groups (broad SMARTS) is 1. The molecule has 0 fully saturated rings. The summed E-state index contributed by atoms with van der Waals surface area (Å²) in [5.74, 6) is -1.29. The van der Waals surface area contributed by atoms with Crippen LogP contribution in [-0.4, -0.2) is 24.2 Å². The highest BCUT2D eigenvalue weighted by Crippen LogP contribution is 2.26. The van der Waals surface area contributed by atoms with Crippen molar-refractivity contribution in [3.05, 3.63) is 100 Å². The summed E-state index contributed by atoms with van der Waals surface area (Å²) in [6.45, 7) is 5.55. The van der Waals surface area contributed by atoms with Crippen LogP contribution in [0, 0.1) is 25.5 Å². The van der Waals surface area contributed by atoms with Gasteiger partial charge in [0.15, 0.2) is 0 Å². The van der Waals surface area contributed by atoms with E-state index in [0.29, 0.717) is 38.1 Å². The Morgan fingerprint density at radius 3 is 2.31 bits per heavy atom. The van der Waals surface area contributed by atoms with Gasteiger partial charge in [0.05, 0.1) is 13.0 Å². The highest BCUT2D eigenvalue weighted by molar-refractivity contribution is 5.81. The van der Waals surface area contributed by atoms with Gasteiger partial charge in [-0.15, -0.1) is 0 Å². The molecule has 2 N–H and O–H groups in total. The smallest absolute Gasteiger partial charge is 0.304 e. The van der Waals surface area contributed by atoms with E-state index in [0.717, 1.165) is 34.1 Å². The lowest BCUT2D eigenvalue weighted by Crippen LogP contribution is -2.17. The predicted octanol–water partition coefficient (Wildman–Crippen LogP) is 6.55. The summed E-state index contributed by atoms with van der Waals surface area (Å²) in [6.07, 6.45) is 3.34. The van der Waals surface area contributed by atoms with Crippen LogP contribution in [0.15, 0.2) is 60.7 Å². The molecule has 0 saturated carbocycles. The number of aliphatic carboxylic acids is 1. The van der Waals surface area contributed by atoms with E-state index in [4.69, 9.17) is 9.84 Å². The van der Waals surface area contributed by atoms with E-state index in [1.165, 1.54) is 17.7 Å². The molecule has 0 heterocycles. The maximum Gasteiger partial charge on any atom is 0.304 e. The third-order valence-corrected chi connectivity index (χ3v) is 5.73. The van der Waals surface area contributed by atoms with Gasteiger partial charge in [-0.2, -0.15) is 0 Å². The summed E-state index contributed by atoms with van der Waals surface area (Å²) in [4.78, 5) is 10.6. The Labute approximate surface area is 205 Å². The van der Waals surface area contributed by atoms with Gasteiger partial charge in [0.1, 0.15) is 17.4 Å². The van der Waals surface area contributed by atoms with Gasteiger partial charge >= 0.3 is 5.97 Å². The van der Waals surface area contributed by atoms with Gasteiger partial charge in [-0.1, -0.05) is 36.4 Å². The molecule has 3 aromatic carbocycles. The molecule has 184 valence electrons. The second kappa shape index (κ2) is 12.8. The molecule has 0 bridgehead atoms. The Morgan fingerprint density at radius 2 is 1.66 bits per heavy atom. The van der Waals surface area contributed by atoms with Crippen molar-refractivity contribution in [3.63, 3.8) is 0 Å². The molecule has 4 nitrogen and oxygen atoms in total. The SMILES string of the molecule is Cc1ccc(C=C(CCCOc2ccc(CNCCC(=O)O)cc2)c2cc(F)cc(F)c2)cc1C. The van der Waals surface area contributed by atoms with Crippen LogP contribution in [0.25, 0.3) is 11.6 Å². The summed E-state index contributed by atoms with van der Waals surface area (Å²) in [5, 5.41) is 11.8. The Kier molecular flexibility index (Phi) is 9.56. The first-order valence-electron chi connectivity index (χ1n) is 11.7. The number of halogens is 2. The summed E-state index contributed by atoms with van der Waals surface area (Å²) in [5.41, 5.74) is 5.75. The molecule has 0 aliphatic rings. The average Bonchev–Trinajstić information content (AvgIpc) is 2.81. The van der Waals surface area contributed by atoms with Crippen LogP contribution in [0.1, 0.15) is 47.1 Å². The van der Waals surface area contributed by atoms with Crippen LogP contribution >= 0.6 is 0 Å². The Bertz CT molecular complexity index is 1150. The molecule has 0 unspecified atom stereocenters. The van der Waals surface area contributed by atoms with Crippen molar-refractivity contribution in [2.24, 2.45) is 0 Å². The van der Waals surface area contributed by atoms with Gasteiger partial charge < -0.3 is 15.2 Å². The second-order valence-electron chi connectivity index (χ2n) is 8.59. The van der Waals surface area contributed by atoms with E-state index >= 15 is 0 Å². The number of rotatable bonds is 12. The molecular weight excluding hydrogens is 448 g/mol. The van der Waals surface area contributed by atoms with Crippen molar-refractivity contribution in [3.8, 4) is 5.75 Å². The number of ether oxygens (including phenoxy) is 1. The molecule has 0 spiro atoms. The van der Waals surface area contributed by atoms with Crippen molar-refractivity contribution >= 4 is 17.6 Å². The van der Waals surface area contributed by atoms with Gasteiger partial charge in [0.25, 0.3) is 0 Å². The predicted molar refractivity (Wildman–Crippen MR) is 135 cm³/mol. The number of carboxylic acids is 1. The van der Waals surface area contributed by atoms with E-state index in [2.05, 4.69) is 11.4 Å². The van der Waals surface area contributed by atoms with Gasteiger partial charge in [-0.05, 0) is 84.3 Å². The van der Waals surface area contributed by atoms with E-state index < -0.39 is 17.6 Å². The van der Waals surface area contributed by atoms with Crippen molar-refractivity contribution in [2.75, 3.05) is 13.2 Å². The molecule has 0 aromatic heterocycles. The fourth-order valence-electron chi connectivity index (χ4n) is 3.68. The molecule has 0 aliphatic carbocycles. The molecular formula is C29H31F2NO3. The number of hydrogen-bond donors (Lipinski definition) is 2. The lowest BCUT2D eigenvalue weighted by atomic mass is 9.97. The highest BCUT2D eigenvalue weighted by atomic mass is 19.1.